The lowest BCUT2D eigenvalue weighted by molar-refractivity contribution is -0.333. The molecule has 5 unspecified atom stereocenters. The number of aliphatic hydroxyl groups is 1. The highest BCUT2D eigenvalue weighted by molar-refractivity contribution is 6.32. The van der Waals surface area contributed by atoms with Crippen molar-refractivity contribution in [1.82, 2.24) is 0 Å². The third kappa shape index (κ3) is 3.02. The van der Waals surface area contributed by atoms with Crippen LogP contribution in [-0.2, 0) is 19.3 Å². The van der Waals surface area contributed by atoms with Crippen molar-refractivity contribution >= 4 is 17.3 Å². The highest BCUT2D eigenvalue weighted by Gasteiger charge is 2.78. The molecule has 3 aliphatic carbocycles. The predicted octanol–water partition coefficient (Wildman–Crippen LogP) is 5.23. The van der Waals surface area contributed by atoms with E-state index in [1.807, 2.05) is 40.7 Å². The molecule has 6 nitrogen and oxygen atoms in total. The van der Waals surface area contributed by atoms with E-state index in [1.165, 1.54) is 0 Å². The molecule has 178 valence electrons. The molecule has 2 bridgehead atoms. The van der Waals surface area contributed by atoms with Gasteiger partial charge in [0.05, 0.1) is 10.8 Å². The number of carbonyl (C=O) groups is 3. The fraction of sp³-hybridized carbons (Fsp3) is 0.731. The molecule has 2 N–H and O–H groups in total. The zero-order valence-corrected chi connectivity index (χ0v) is 20.7. The predicted molar refractivity (Wildman–Crippen MR) is 121 cm³/mol. The first-order valence-electron chi connectivity index (χ1n) is 11.7. The van der Waals surface area contributed by atoms with Crippen molar-refractivity contribution in [2.45, 2.75) is 86.7 Å². The van der Waals surface area contributed by atoms with Gasteiger partial charge in [0, 0.05) is 5.92 Å². The molecule has 0 aliphatic heterocycles. The Kier molecular flexibility index (Phi) is 5.92. The molecule has 3 aliphatic rings. The van der Waals surface area contributed by atoms with Crippen molar-refractivity contribution in [3.8, 4) is 0 Å². The van der Waals surface area contributed by atoms with Crippen LogP contribution in [0.15, 0.2) is 23.0 Å². The van der Waals surface area contributed by atoms with E-state index in [4.69, 9.17) is 4.89 Å². The Morgan fingerprint density at radius 3 is 2.34 bits per heavy atom. The van der Waals surface area contributed by atoms with Gasteiger partial charge < -0.3 is 5.11 Å². The smallest absolute Gasteiger partial charge is 0.183 e. The molecule has 0 aromatic carbocycles. The van der Waals surface area contributed by atoms with Crippen molar-refractivity contribution in [3.05, 3.63) is 23.0 Å². The van der Waals surface area contributed by atoms with Crippen LogP contribution in [0.2, 0.25) is 0 Å². The van der Waals surface area contributed by atoms with Gasteiger partial charge in [-0.2, -0.15) is 0 Å². The first-order chi connectivity index (χ1) is 14.6. The summed E-state index contributed by atoms with van der Waals surface area (Å²) in [5.41, 5.74) is -3.34. The number of hydrogen-bond acceptors (Lipinski definition) is 6. The summed E-state index contributed by atoms with van der Waals surface area (Å²) in [4.78, 5) is 46.3. The summed E-state index contributed by atoms with van der Waals surface area (Å²) in [6.07, 6.45) is 3.21. The molecule has 6 heteroatoms. The molecule has 0 aromatic heterocycles. The molecule has 0 aromatic rings. The van der Waals surface area contributed by atoms with E-state index in [1.54, 1.807) is 20.8 Å². The second kappa shape index (κ2) is 7.63. The van der Waals surface area contributed by atoms with E-state index in [0.717, 1.165) is 5.57 Å². The zero-order chi connectivity index (χ0) is 24.4. The standard InChI is InChI=1S/C26H38O6/c1-9-15(4)19(27)18-20(28)25(11-10-14(2)3)12-17-23(5,6)16(24(7,8)32-31)13-26(17,21(18)29)22(25)30/h10,15-17,28,31H,9,11-13H2,1-8H3. The third-order valence-electron chi connectivity index (χ3n) is 8.87. The van der Waals surface area contributed by atoms with Crippen molar-refractivity contribution in [3.63, 3.8) is 0 Å². The maximum absolute atomic E-state index is 14.1. The Hall–Kier alpha value is -1.79. The fourth-order valence-corrected chi connectivity index (χ4v) is 6.81. The SMILES string of the molecule is CCC(C)C(=O)C1=C(O)C2(CC=C(C)C)CC3C(CC(C(C)(C)OO)C3(C)C)(C1=O)C2=O. The first kappa shape index (κ1) is 24.8. The normalized spacial score (nSPS) is 34.5. The van der Waals surface area contributed by atoms with Gasteiger partial charge in [-0.15, -0.1) is 0 Å². The number of fused-ring (bicyclic) bond motifs is 1. The minimum absolute atomic E-state index is 0.178. The molecule has 2 fully saturated rings. The van der Waals surface area contributed by atoms with Gasteiger partial charge in [0.15, 0.2) is 17.3 Å². The topological polar surface area (TPSA) is 101 Å². The molecular weight excluding hydrogens is 408 g/mol. The van der Waals surface area contributed by atoms with Gasteiger partial charge in [-0.1, -0.05) is 39.3 Å². The van der Waals surface area contributed by atoms with Crippen molar-refractivity contribution < 1.29 is 29.6 Å². The number of Topliss-reactive ketones (excluding diaryl/α,β-unsaturated/α-hetero) is 3. The Morgan fingerprint density at radius 1 is 1.25 bits per heavy atom. The first-order valence-corrected chi connectivity index (χ1v) is 11.7. The quantitative estimate of drug-likeness (QED) is 0.183. The summed E-state index contributed by atoms with van der Waals surface area (Å²) in [5, 5.41) is 21.0. The van der Waals surface area contributed by atoms with Crippen LogP contribution in [0.1, 0.15) is 81.1 Å². The van der Waals surface area contributed by atoms with Crippen LogP contribution in [0.4, 0.5) is 0 Å². The average molecular weight is 447 g/mol. The Morgan fingerprint density at radius 2 is 1.84 bits per heavy atom. The van der Waals surface area contributed by atoms with Gasteiger partial charge >= 0.3 is 0 Å². The summed E-state index contributed by atoms with van der Waals surface area (Å²) in [5.74, 6) is -2.63. The Bertz CT molecular complexity index is 919. The monoisotopic (exact) mass is 446 g/mol. The van der Waals surface area contributed by atoms with Crippen LogP contribution < -0.4 is 0 Å². The van der Waals surface area contributed by atoms with E-state index in [-0.39, 0.29) is 47.6 Å². The third-order valence-corrected chi connectivity index (χ3v) is 8.87. The summed E-state index contributed by atoms with van der Waals surface area (Å²) >= 11 is 0. The number of carbonyl (C=O) groups excluding carboxylic acids is 3. The van der Waals surface area contributed by atoms with Crippen LogP contribution in [0, 0.1) is 34.0 Å². The maximum Gasteiger partial charge on any atom is 0.183 e. The number of ketones is 3. The number of hydrogen-bond donors (Lipinski definition) is 2. The molecule has 0 radical (unpaired) electrons. The molecule has 32 heavy (non-hydrogen) atoms. The second-order valence-electron chi connectivity index (χ2n) is 11.6. The highest BCUT2D eigenvalue weighted by atomic mass is 17.1. The minimum Gasteiger partial charge on any atom is -0.510 e. The van der Waals surface area contributed by atoms with E-state index < -0.39 is 33.5 Å². The van der Waals surface area contributed by atoms with Gasteiger partial charge in [-0.25, -0.2) is 4.89 Å². The number of rotatable bonds is 7. The number of aliphatic hydroxyl groups excluding tert-OH is 1. The molecule has 1 spiro atoms. The van der Waals surface area contributed by atoms with Crippen molar-refractivity contribution in [2.24, 2.45) is 34.0 Å². The molecule has 0 heterocycles. The molecule has 0 saturated heterocycles. The van der Waals surface area contributed by atoms with Gasteiger partial charge in [0.25, 0.3) is 0 Å². The summed E-state index contributed by atoms with van der Waals surface area (Å²) in [7, 11) is 0. The van der Waals surface area contributed by atoms with Gasteiger partial charge in [0.1, 0.15) is 16.9 Å². The Balaban J connectivity index is 2.29. The van der Waals surface area contributed by atoms with Gasteiger partial charge in [-0.3, -0.25) is 19.6 Å². The zero-order valence-electron chi connectivity index (χ0n) is 20.7. The van der Waals surface area contributed by atoms with E-state index in [9.17, 15) is 24.7 Å². The van der Waals surface area contributed by atoms with Crippen molar-refractivity contribution in [2.75, 3.05) is 0 Å². The van der Waals surface area contributed by atoms with E-state index >= 15 is 0 Å². The molecule has 5 atom stereocenters. The van der Waals surface area contributed by atoms with Gasteiger partial charge in [0.2, 0.25) is 0 Å². The van der Waals surface area contributed by atoms with Crippen LogP contribution in [-0.4, -0.2) is 33.3 Å². The van der Waals surface area contributed by atoms with Crippen LogP contribution in [0.3, 0.4) is 0 Å². The summed E-state index contributed by atoms with van der Waals surface area (Å²) in [6.45, 7) is 15.0. The molecule has 0 amide bonds. The van der Waals surface area contributed by atoms with Crippen LogP contribution in [0.25, 0.3) is 0 Å². The summed E-state index contributed by atoms with van der Waals surface area (Å²) < 4.78 is 0. The van der Waals surface area contributed by atoms with E-state index in [0.29, 0.717) is 12.8 Å². The average Bonchev–Trinajstić information content (AvgIpc) is 3.09. The number of allylic oxidation sites excluding steroid dienone is 4. The lowest BCUT2D eigenvalue weighted by Gasteiger charge is -2.41. The molecule has 3 rings (SSSR count). The van der Waals surface area contributed by atoms with Crippen molar-refractivity contribution in [1.29, 1.82) is 0 Å². The lowest BCUT2D eigenvalue weighted by atomic mass is 9.62. The lowest BCUT2D eigenvalue weighted by Crippen LogP contribution is -2.50. The molecular formula is C26H38O6. The Labute approximate surface area is 191 Å². The highest BCUT2D eigenvalue weighted by Crippen LogP contribution is 2.73. The van der Waals surface area contributed by atoms with Gasteiger partial charge in [-0.05, 0) is 70.6 Å². The fourth-order valence-electron chi connectivity index (χ4n) is 6.81. The van der Waals surface area contributed by atoms with Crippen LogP contribution >= 0.6 is 0 Å². The minimum atomic E-state index is -1.38. The van der Waals surface area contributed by atoms with Crippen LogP contribution in [0.5, 0.6) is 0 Å². The second-order valence-corrected chi connectivity index (χ2v) is 11.6. The maximum atomic E-state index is 14.1. The molecule has 2 saturated carbocycles. The summed E-state index contributed by atoms with van der Waals surface area (Å²) in [6, 6.07) is 0. The van der Waals surface area contributed by atoms with E-state index in [2.05, 4.69) is 0 Å². The largest absolute Gasteiger partial charge is 0.510 e.